The minimum atomic E-state index is -4.51. The molecule has 3 rings (SSSR count). The molecule has 1 amide bonds. The lowest BCUT2D eigenvalue weighted by atomic mass is 10.0. The molecule has 1 fully saturated rings. The van der Waals surface area contributed by atoms with E-state index in [-0.39, 0.29) is 17.5 Å². The summed E-state index contributed by atoms with van der Waals surface area (Å²) >= 11 is 0. The van der Waals surface area contributed by atoms with Crippen LogP contribution in [-0.2, 0) is 6.18 Å². The fourth-order valence-corrected chi connectivity index (χ4v) is 3.78. The van der Waals surface area contributed by atoms with Gasteiger partial charge in [-0.15, -0.1) is 0 Å². The number of ether oxygens (including phenoxy) is 1. The number of hydrogen-bond donors (Lipinski definition) is 2. The van der Waals surface area contributed by atoms with Crippen molar-refractivity contribution >= 4 is 23.2 Å². The molecule has 0 saturated carbocycles. The van der Waals surface area contributed by atoms with Crippen LogP contribution in [0, 0.1) is 0 Å². The topological polar surface area (TPSA) is 69.7 Å². The lowest BCUT2D eigenvalue weighted by Crippen LogP contribution is -2.44. The Balaban J connectivity index is 1.77. The van der Waals surface area contributed by atoms with Crippen LogP contribution in [-0.4, -0.2) is 68.1 Å². The van der Waals surface area contributed by atoms with E-state index in [1.807, 2.05) is 19.0 Å². The highest BCUT2D eigenvalue weighted by atomic mass is 19.4. The second-order valence-corrected chi connectivity index (χ2v) is 7.87. The number of aromatic nitrogens is 1. The monoisotopic (exact) mass is 451 g/mol. The lowest BCUT2D eigenvalue weighted by Gasteiger charge is -2.35. The van der Waals surface area contributed by atoms with Crippen LogP contribution in [0.2, 0.25) is 0 Å². The molecule has 32 heavy (non-hydrogen) atoms. The molecule has 2 heterocycles. The SMILES string of the molecule is CNc1nc(Nc2ccc(C(=O)N3CCC(N(C)C)CC3)cc2OC)ccc1C(F)(F)F. The highest BCUT2D eigenvalue weighted by Gasteiger charge is 2.34. The Morgan fingerprint density at radius 2 is 1.88 bits per heavy atom. The van der Waals surface area contributed by atoms with Gasteiger partial charge in [-0.3, -0.25) is 4.79 Å². The first-order valence-electron chi connectivity index (χ1n) is 10.3. The Labute approximate surface area is 185 Å². The van der Waals surface area contributed by atoms with Gasteiger partial charge >= 0.3 is 6.18 Å². The highest BCUT2D eigenvalue weighted by molar-refractivity contribution is 5.95. The number of alkyl halides is 3. The number of benzene rings is 1. The highest BCUT2D eigenvalue weighted by Crippen LogP contribution is 2.35. The van der Waals surface area contributed by atoms with Crippen molar-refractivity contribution in [1.82, 2.24) is 14.8 Å². The van der Waals surface area contributed by atoms with Crippen molar-refractivity contribution in [2.45, 2.75) is 25.1 Å². The van der Waals surface area contributed by atoms with E-state index in [0.29, 0.717) is 36.1 Å². The van der Waals surface area contributed by atoms with Crippen LogP contribution in [0.25, 0.3) is 0 Å². The molecule has 1 aliphatic heterocycles. The molecule has 1 aromatic carbocycles. The molecule has 7 nitrogen and oxygen atoms in total. The third kappa shape index (κ3) is 5.24. The predicted molar refractivity (Wildman–Crippen MR) is 118 cm³/mol. The summed E-state index contributed by atoms with van der Waals surface area (Å²) in [5, 5.41) is 5.44. The number of anilines is 3. The molecule has 174 valence electrons. The van der Waals surface area contributed by atoms with Gasteiger partial charge in [0.1, 0.15) is 17.4 Å². The average molecular weight is 451 g/mol. The molecule has 2 N–H and O–H groups in total. The number of carbonyl (C=O) groups is 1. The van der Waals surface area contributed by atoms with Gasteiger partial charge in [-0.1, -0.05) is 0 Å². The van der Waals surface area contributed by atoms with Crippen molar-refractivity contribution in [3.05, 3.63) is 41.5 Å². The smallest absolute Gasteiger partial charge is 0.419 e. The van der Waals surface area contributed by atoms with E-state index >= 15 is 0 Å². The van der Waals surface area contributed by atoms with Crippen LogP contribution in [0.1, 0.15) is 28.8 Å². The van der Waals surface area contributed by atoms with Crippen LogP contribution in [0.15, 0.2) is 30.3 Å². The number of amides is 1. The van der Waals surface area contributed by atoms with Gasteiger partial charge < -0.3 is 25.2 Å². The Hall–Kier alpha value is -3.01. The summed E-state index contributed by atoms with van der Waals surface area (Å²) in [6.07, 6.45) is -2.67. The first kappa shape index (κ1) is 23.6. The molecule has 0 unspecified atom stereocenters. The molecule has 1 saturated heterocycles. The molecular formula is C22H28F3N5O2. The number of carbonyl (C=O) groups excluding carboxylic acids is 1. The molecule has 0 atom stereocenters. The number of nitrogens with one attached hydrogen (secondary N) is 2. The molecule has 10 heteroatoms. The van der Waals surface area contributed by atoms with Crippen molar-refractivity contribution in [2.75, 3.05) is 52.0 Å². The van der Waals surface area contributed by atoms with E-state index in [9.17, 15) is 18.0 Å². The third-order valence-electron chi connectivity index (χ3n) is 5.63. The molecule has 2 aromatic rings. The van der Waals surface area contributed by atoms with E-state index in [2.05, 4.69) is 20.5 Å². The maximum Gasteiger partial charge on any atom is 0.419 e. The summed E-state index contributed by atoms with van der Waals surface area (Å²) in [7, 11) is 6.94. The summed E-state index contributed by atoms with van der Waals surface area (Å²) < 4.78 is 44.7. The van der Waals surface area contributed by atoms with Gasteiger partial charge in [-0.25, -0.2) is 4.98 Å². The van der Waals surface area contributed by atoms with Gasteiger partial charge in [-0.05, 0) is 57.3 Å². The van der Waals surface area contributed by atoms with Crippen molar-refractivity contribution in [3.63, 3.8) is 0 Å². The predicted octanol–water partition coefficient (Wildman–Crippen LogP) is 4.06. The van der Waals surface area contributed by atoms with Gasteiger partial charge in [0, 0.05) is 31.7 Å². The molecular weight excluding hydrogens is 423 g/mol. The number of nitrogens with zero attached hydrogens (tertiary/aromatic N) is 3. The Morgan fingerprint density at radius 3 is 2.44 bits per heavy atom. The third-order valence-corrected chi connectivity index (χ3v) is 5.63. The zero-order chi connectivity index (χ0) is 23.5. The lowest BCUT2D eigenvalue weighted by molar-refractivity contribution is -0.137. The molecule has 1 aliphatic rings. The number of methoxy groups -OCH3 is 1. The quantitative estimate of drug-likeness (QED) is 0.690. The first-order valence-corrected chi connectivity index (χ1v) is 10.3. The number of rotatable bonds is 6. The average Bonchev–Trinajstić information content (AvgIpc) is 2.78. The molecule has 0 bridgehead atoms. The molecule has 1 aromatic heterocycles. The number of halogens is 3. The van der Waals surface area contributed by atoms with E-state index in [4.69, 9.17) is 4.74 Å². The van der Waals surface area contributed by atoms with Crippen molar-refractivity contribution in [3.8, 4) is 5.75 Å². The van der Waals surface area contributed by atoms with Gasteiger partial charge in [0.15, 0.2) is 0 Å². The van der Waals surface area contributed by atoms with Crippen molar-refractivity contribution < 1.29 is 22.7 Å². The molecule has 0 spiro atoms. The van der Waals surface area contributed by atoms with E-state index < -0.39 is 11.7 Å². The van der Waals surface area contributed by atoms with Crippen LogP contribution in [0.3, 0.4) is 0 Å². The fourth-order valence-electron chi connectivity index (χ4n) is 3.78. The standard InChI is InChI=1S/C22H28F3N5O2/c1-26-20-16(22(23,24)25)6-8-19(28-20)27-17-7-5-14(13-18(17)32-4)21(31)30-11-9-15(10-12-30)29(2)3/h5-8,13,15H,9-12H2,1-4H3,(H2,26,27,28). The van der Waals surface area contributed by atoms with Gasteiger partial charge in [0.2, 0.25) is 0 Å². The van der Waals surface area contributed by atoms with Crippen LogP contribution < -0.4 is 15.4 Å². The van der Waals surface area contributed by atoms with Crippen LogP contribution in [0.5, 0.6) is 5.75 Å². The minimum Gasteiger partial charge on any atom is -0.495 e. The van der Waals surface area contributed by atoms with Crippen molar-refractivity contribution in [1.29, 1.82) is 0 Å². The van der Waals surface area contributed by atoms with E-state index in [1.54, 1.807) is 18.2 Å². The number of piperidine rings is 1. The first-order chi connectivity index (χ1) is 15.1. The fraction of sp³-hybridized carbons (Fsp3) is 0.455. The Bertz CT molecular complexity index is 957. The number of pyridine rings is 1. The summed E-state index contributed by atoms with van der Waals surface area (Å²) in [5.41, 5.74) is 0.133. The summed E-state index contributed by atoms with van der Waals surface area (Å²) in [6, 6.07) is 7.65. The van der Waals surface area contributed by atoms with Gasteiger partial charge in [0.25, 0.3) is 5.91 Å². The maximum atomic E-state index is 13.1. The molecule has 0 aliphatic carbocycles. The van der Waals surface area contributed by atoms with Crippen LogP contribution >= 0.6 is 0 Å². The normalized spacial score (nSPS) is 15.1. The number of hydrogen-bond acceptors (Lipinski definition) is 6. The number of likely N-dealkylation sites (tertiary alicyclic amines) is 1. The summed E-state index contributed by atoms with van der Waals surface area (Å²) in [6.45, 7) is 1.37. The van der Waals surface area contributed by atoms with Crippen LogP contribution in [0.4, 0.5) is 30.5 Å². The largest absolute Gasteiger partial charge is 0.495 e. The summed E-state index contributed by atoms with van der Waals surface area (Å²) in [4.78, 5) is 21.0. The zero-order valence-corrected chi connectivity index (χ0v) is 18.6. The van der Waals surface area contributed by atoms with Gasteiger partial charge in [-0.2, -0.15) is 13.2 Å². The van der Waals surface area contributed by atoms with Gasteiger partial charge in [0.05, 0.1) is 18.4 Å². The maximum absolute atomic E-state index is 13.1. The zero-order valence-electron chi connectivity index (χ0n) is 18.6. The van der Waals surface area contributed by atoms with E-state index in [1.165, 1.54) is 20.2 Å². The summed E-state index contributed by atoms with van der Waals surface area (Å²) in [5.74, 6) is 0.254. The van der Waals surface area contributed by atoms with E-state index in [0.717, 1.165) is 18.9 Å². The Morgan fingerprint density at radius 1 is 1.19 bits per heavy atom. The minimum absolute atomic E-state index is 0.0721. The second kappa shape index (κ2) is 9.64. The second-order valence-electron chi connectivity index (χ2n) is 7.87. The Kier molecular flexibility index (Phi) is 7.12. The van der Waals surface area contributed by atoms with Crippen molar-refractivity contribution in [2.24, 2.45) is 0 Å². The molecule has 0 radical (unpaired) electrons.